The van der Waals surface area contributed by atoms with Crippen molar-refractivity contribution in [3.05, 3.63) is 80.9 Å². The molecule has 4 N–H and O–H groups in total. The van der Waals surface area contributed by atoms with Crippen molar-refractivity contribution in [1.29, 1.82) is 0 Å². The van der Waals surface area contributed by atoms with Gasteiger partial charge in [0.1, 0.15) is 0 Å². The van der Waals surface area contributed by atoms with Gasteiger partial charge < -0.3 is 30.0 Å². The number of aromatic nitrogens is 4. The van der Waals surface area contributed by atoms with E-state index < -0.39 is 18.0 Å². The molecular weight excluding hydrogens is 765 g/mol. The first-order valence-electron chi connectivity index (χ1n) is 20.3. The predicted octanol–water partition coefficient (Wildman–Crippen LogP) is 7.93. The molecule has 2 atom stereocenters. The molecule has 3 heterocycles. The minimum atomic E-state index is -0.650. The number of hydrogen-bond acceptors (Lipinski definition) is 7. The van der Waals surface area contributed by atoms with Crippen molar-refractivity contribution in [3.63, 3.8) is 0 Å². The second kappa shape index (κ2) is 17.7. The van der Waals surface area contributed by atoms with Crippen molar-refractivity contribution in [2.75, 3.05) is 23.7 Å². The summed E-state index contributed by atoms with van der Waals surface area (Å²) >= 11 is 13.9. The SMILES string of the molecule is C[C@H](O)CN1CCc2c(nc(C(=O)Nc3cccc(-c4cccc(NC(=O)c5nc6c(n5C)CCC(CC[C@H]5CC[C@H](C(=O)O)CC5)CCC6)c4Cl)c3Cl)n2C)C1. The van der Waals surface area contributed by atoms with E-state index in [9.17, 15) is 24.6 Å². The monoisotopic (exact) mass is 817 g/mol. The van der Waals surface area contributed by atoms with Gasteiger partial charge >= 0.3 is 5.97 Å². The summed E-state index contributed by atoms with van der Waals surface area (Å²) in [6, 6.07) is 10.7. The van der Waals surface area contributed by atoms with E-state index in [4.69, 9.17) is 28.2 Å². The molecule has 1 aliphatic heterocycles. The number of fused-ring (bicyclic) bond motifs is 2. The number of hydrogen-bond donors (Lipinski definition) is 4. The van der Waals surface area contributed by atoms with Crippen LogP contribution in [0.25, 0.3) is 11.1 Å². The standard InChI is InChI=1S/C43H53Cl2N7O5/c1-25(53)23-52-22-21-36-34(24-52)47-40(51(36)3)42(55)49-33-12-6-9-30(38(33)45)29-8-5-11-32(37(29)44)48-41(54)39-46-31-10-4-7-26(17-20-35(31)50(39)2)13-14-27-15-18-28(19-16-27)43(56)57/h5-6,8-9,11-12,25-28,53H,4,7,10,13-24H2,1-3H3,(H,48,54)(H,49,55)(H,56,57)/t25-,26?,27-,28-/m0/s1. The van der Waals surface area contributed by atoms with E-state index in [2.05, 4.69) is 20.5 Å². The van der Waals surface area contributed by atoms with Crippen molar-refractivity contribution >= 4 is 52.4 Å². The molecule has 1 unspecified atom stereocenters. The number of anilines is 2. The third-order valence-corrected chi connectivity index (χ3v) is 13.2. The zero-order chi connectivity index (χ0) is 40.4. The summed E-state index contributed by atoms with van der Waals surface area (Å²) in [6.07, 6.45) is 11.1. The summed E-state index contributed by atoms with van der Waals surface area (Å²) in [4.78, 5) is 50.3. The van der Waals surface area contributed by atoms with Crippen LogP contribution in [0.1, 0.15) is 109 Å². The number of benzene rings is 2. The van der Waals surface area contributed by atoms with Crippen LogP contribution in [0, 0.1) is 17.8 Å². The number of carbonyl (C=O) groups is 3. The van der Waals surface area contributed by atoms with Crippen molar-refractivity contribution in [3.8, 4) is 11.1 Å². The first-order chi connectivity index (χ1) is 27.4. The topological polar surface area (TPSA) is 155 Å². The first kappa shape index (κ1) is 40.9. The molecule has 4 aromatic rings. The highest BCUT2D eigenvalue weighted by atomic mass is 35.5. The van der Waals surface area contributed by atoms with Crippen molar-refractivity contribution in [2.24, 2.45) is 31.8 Å². The number of nitrogens with zero attached hydrogens (tertiary/aromatic N) is 5. The molecule has 1 fully saturated rings. The van der Waals surface area contributed by atoms with Crippen LogP contribution in [-0.2, 0) is 44.7 Å². The van der Waals surface area contributed by atoms with Crippen LogP contribution in [0.2, 0.25) is 10.0 Å². The number of carboxylic acids is 1. The molecule has 304 valence electrons. The predicted molar refractivity (Wildman–Crippen MR) is 222 cm³/mol. The quantitative estimate of drug-likeness (QED) is 0.119. The molecule has 14 heteroatoms. The van der Waals surface area contributed by atoms with Crippen LogP contribution >= 0.6 is 23.2 Å². The summed E-state index contributed by atoms with van der Waals surface area (Å²) in [5, 5.41) is 25.7. The van der Waals surface area contributed by atoms with E-state index in [1.807, 2.05) is 35.4 Å². The number of halogens is 2. The Morgan fingerprint density at radius 2 is 1.32 bits per heavy atom. The Hall–Kier alpha value is -4.23. The largest absolute Gasteiger partial charge is 0.481 e. The van der Waals surface area contributed by atoms with Gasteiger partial charge in [-0.05, 0) is 82.3 Å². The van der Waals surface area contributed by atoms with Crippen molar-refractivity contribution in [2.45, 2.75) is 96.6 Å². The summed E-state index contributed by atoms with van der Waals surface area (Å²) < 4.78 is 3.74. The smallest absolute Gasteiger partial charge is 0.306 e. The van der Waals surface area contributed by atoms with Crippen molar-refractivity contribution < 1.29 is 24.6 Å². The highest BCUT2D eigenvalue weighted by Crippen LogP contribution is 2.41. The average molecular weight is 819 g/mol. The highest BCUT2D eigenvalue weighted by Gasteiger charge is 2.29. The zero-order valence-corrected chi connectivity index (χ0v) is 34.5. The average Bonchev–Trinajstić information content (AvgIpc) is 3.67. The molecule has 2 aromatic carbocycles. The molecule has 57 heavy (non-hydrogen) atoms. The second-order valence-electron chi connectivity index (χ2n) is 16.3. The van der Waals surface area contributed by atoms with E-state index in [1.54, 1.807) is 31.2 Å². The minimum Gasteiger partial charge on any atom is -0.481 e. The fourth-order valence-corrected chi connectivity index (χ4v) is 9.70. The Kier molecular flexibility index (Phi) is 12.7. The maximum absolute atomic E-state index is 13.8. The number of carbonyl (C=O) groups excluding carboxylic acids is 2. The fourth-order valence-electron chi connectivity index (χ4n) is 9.15. The van der Waals surface area contributed by atoms with Gasteiger partial charge in [0.25, 0.3) is 11.8 Å². The Morgan fingerprint density at radius 1 is 0.772 bits per heavy atom. The molecule has 7 rings (SSSR count). The number of carboxylic acid groups (broad SMARTS) is 1. The maximum atomic E-state index is 13.8. The van der Waals surface area contributed by atoms with Crippen molar-refractivity contribution in [1.82, 2.24) is 24.0 Å². The number of amides is 2. The Morgan fingerprint density at radius 3 is 1.88 bits per heavy atom. The van der Waals surface area contributed by atoms with Crippen LogP contribution in [0.3, 0.4) is 0 Å². The van der Waals surface area contributed by atoms with Gasteiger partial charge in [-0.15, -0.1) is 0 Å². The third kappa shape index (κ3) is 9.09. The lowest BCUT2D eigenvalue weighted by atomic mass is 9.78. The lowest BCUT2D eigenvalue weighted by Crippen LogP contribution is -2.36. The number of β-amino-alcohol motifs (C(OH)–C–C–N with tert-alkyl or cyclic N) is 1. The first-order valence-corrected chi connectivity index (χ1v) is 21.1. The Labute approximate surface area is 344 Å². The molecule has 3 aliphatic rings. The van der Waals surface area contributed by atoms with Crippen LogP contribution in [0.4, 0.5) is 11.4 Å². The number of aliphatic hydroxyl groups is 1. The number of nitrogens with one attached hydrogen (secondary N) is 2. The zero-order valence-electron chi connectivity index (χ0n) is 33.0. The van der Waals surface area contributed by atoms with Crippen LogP contribution in [0.5, 0.6) is 0 Å². The molecule has 0 saturated heterocycles. The summed E-state index contributed by atoms with van der Waals surface area (Å²) in [6.45, 7) is 3.64. The molecule has 2 aromatic heterocycles. The van der Waals surface area contributed by atoms with Gasteiger partial charge in [0, 0.05) is 62.7 Å². The van der Waals surface area contributed by atoms with Gasteiger partial charge in [-0.25, -0.2) is 9.97 Å². The van der Waals surface area contributed by atoms with E-state index >= 15 is 0 Å². The molecule has 2 amide bonds. The van der Waals surface area contributed by atoms with Gasteiger partial charge in [0.05, 0.1) is 44.8 Å². The normalized spacial score (nSPS) is 20.5. The molecule has 1 saturated carbocycles. The van der Waals surface area contributed by atoms with E-state index in [-0.39, 0.29) is 17.6 Å². The molecular formula is C43H53Cl2N7O5. The molecule has 2 aliphatic carbocycles. The van der Waals surface area contributed by atoms with Crippen LogP contribution in [-0.4, -0.2) is 71.2 Å². The van der Waals surface area contributed by atoms with Gasteiger partial charge in [-0.3, -0.25) is 19.3 Å². The summed E-state index contributed by atoms with van der Waals surface area (Å²) in [7, 11) is 3.74. The third-order valence-electron chi connectivity index (χ3n) is 12.3. The fraction of sp³-hybridized carbons (Fsp3) is 0.512. The van der Waals surface area contributed by atoms with Gasteiger partial charge in [-0.2, -0.15) is 0 Å². The summed E-state index contributed by atoms with van der Waals surface area (Å²) in [5.74, 6) is 0.280. The Balaban J connectivity index is 1.00. The number of aryl methyl sites for hydroxylation is 1. The second-order valence-corrected chi connectivity index (χ2v) is 17.0. The molecule has 0 bridgehead atoms. The highest BCUT2D eigenvalue weighted by molar-refractivity contribution is 6.40. The lowest BCUT2D eigenvalue weighted by molar-refractivity contribution is -0.143. The van der Waals surface area contributed by atoms with E-state index in [0.717, 1.165) is 106 Å². The van der Waals surface area contributed by atoms with Gasteiger partial charge in [-0.1, -0.05) is 66.7 Å². The number of aliphatic hydroxyl groups excluding tert-OH is 1. The van der Waals surface area contributed by atoms with Gasteiger partial charge in [0.15, 0.2) is 11.6 Å². The molecule has 0 radical (unpaired) electrons. The number of imidazole rings is 2. The number of rotatable bonds is 11. The maximum Gasteiger partial charge on any atom is 0.306 e. The minimum absolute atomic E-state index is 0.172. The molecule has 0 spiro atoms. The Bertz CT molecular complexity index is 2140. The molecule has 12 nitrogen and oxygen atoms in total. The van der Waals surface area contributed by atoms with E-state index in [1.165, 1.54) is 0 Å². The van der Waals surface area contributed by atoms with Crippen LogP contribution < -0.4 is 10.6 Å². The number of aliphatic carboxylic acids is 1. The van der Waals surface area contributed by atoms with Crippen LogP contribution in [0.15, 0.2) is 36.4 Å². The summed E-state index contributed by atoms with van der Waals surface area (Å²) in [5.41, 5.74) is 5.90. The van der Waals surface area contributed by atoms with Gasteiger partial charge in [0.2, 0.25) is 0 Å². The lowest BCUT2D eigenvalue weighted by Gasteiger charge is -2.28. The van der Waals surface area contributed by atoms with E-state index in [0.29, 0.717) is 63.3 Å².